The van der Waals surface area contributed by atoms with Crippen molar-refractivity contribution in [2.75, 3.05) is 13.7 Å². The largest absolute Gasteiger partial charge is 0.497 e. The van der Waals surface area contributed by atoms with E-state index in [9.17, 15) is 9.59 Å². The number of carbonyl (C=O) groups excluding carboxylic acids is 2. The van der Waals surface area contributed by atoms with Crippen LogP contribution in [0.3, 0.4) is 0 Å². The summed E-state index contributed by atoms with van der Waals surface area (Å²) in [5, 5.41) is 4.90. The van der Waals surface area contributed by atoms with Crippen molar-refractivity contribution in [3.05, 3.63) is 77.4 Å². The van der Waals surface area contributed by atoms with E-state index in [1.807, 2.05) is 60.7 Å². The number of amides is 1. The molecule has 0 aliphatic heterocycles. The summed E-state index contributed by atoms with van der Waals surface area (Å²) in [6, 6.07) is 19.1. The second-order valence-corrected chi connectivity index (χ2v) is 6.50. The Kier molecular flexibility index (Phi) is 5.87. The minimum absolute atomic E-state index is 0.0106. The highest BCUT2D eigenvalue weighted by Gasteiger charge is 2.13. The molecule has 0 saturated carbocycles. The summed E-state index contributed by atoms with van der Waals surface area (Å²) in [6.45, 7) is 2.12. The Bertz CT molecular complexity index is 964. The molecule has 3 rings (SSSR count). The summed E-state index contributed by atoms with van der Waals surface area (Å²) in [4.78, 5) is 24.0. The zero-order valence-corrected chi connectivity index (χ0v) is 15.6. The van der Waals surface area contributed by atoms with Gasteiger partial charge in [0.2, 0.25) is 5.91 Å². The van der Waals surface area contributed by atoms with Crippen LogP contribution in [-0.4, -0.2) is 25.3 Å². The van der Waals surface area contributed by atoms with E-state index in [-0.39, 0.29) is 11.7 Å². The molecule has 0 aliphatic carbocycles. The van der Waals surface area contributed by atoms with Gasteiger partial charge in [-0.15, -0.1) is 0 Å². The van der Waals surface area contributed by atoms with Crippen molar-refractivity contribution in [3.63, 3.8) is 0 Å². The van der Waals surface area contributed by atoms with Gasteiger partial charge in [0.05, 0.1) is 7.11 Å². The summed E-state index contributed by atoms with van der Waals surface area (Å²) in [5.74, 6) is 0.763. The van der Waals surface area contributed by atoms with E-state index in [1.165, 1.54) is 6.92 Å². The lowest BCUT2D eigenvalue weighted by molar-refractivity contribution is -0.118. The molecular weight excluding hydrogens is 338 g/mol. The average molecular weight is 361 g/mol. The molecule has 0 spiro atoms. The van der Waals surface area contributed by atoms with Crippen LogP contribution in [0.25, 0.3) is 10.8 Å². The van der Waals surface area contributed by atoms with Gasteiger partial charge in [0, 0.05) is 24.6 Å². The Morgan fingerprint density at radius 1 is 0.963 bits per heavy atom. The van der Waals surface area contributed by atoms with Crippen molar-refractivity contribution in [3.8, 4) is 5.75 Å². The Morgan fingerprint density at radius 3 is 2.44 bits per heavy atom. The number of ketones is 1. The van der Waals surface area contributed by atoms with Gasteiger partial charge in [-0.2, -0.15) is 0 Å². The summed E-state index contributed by atoms with van der Waals surface area (Å²) in [7, 11) is 1.64. The lowest BCUT2D eigenvalue weighted by atomic mass is 9.94. The van der Waals surface area contributed by atoms with Gasteiger partial charge in [-0.1, -0.05) is 36.4 Å². The minimum atomic E-state index is -0.0328. The molecule has 0 radical (unpaired) electrons. The molecule has 4 nitrogen and oxygen atoms in total. The number of carbonyl (C=O) groups is 2. The van der Waals surface area contributed by atoms with Gasteiger partial charge in [0.25, 0.3) is 0 Å². The van der Waals surface area contributed by atoms with Crippen molar-refractivity contribution >= 4 is 22.5 Å². The fraction of sp³-hybridized carbons (Fsp3) is 0.217. The van der Waals surface area contributed by atoms with Crippen molar-refractivity contribution in [2.24, 2.45) is 0 Å². The second kappa shape index (κ2) is 8.49. The number of aryl methyl sites for hydroxylation is 1. The maximum Gasteiger partial charge on any atom is 0.216 e. The van der Waals surface area contributed by atoms with Crippen molar-refractivity contribution in [1.29, 1.82) is 0 Å². The normalized spacial score (nSPS) is 10.6. The first kappa shape index (κ1) is 18.6. The van der Waals surface area contributed by atoms with Crippen LogP contribution in [0, 0.1) is 0 Å². The molecule has 0 unspecified atom stereocenters. The Labute approximate surface area is 159 Å². The SMILES string of the molecule is COc1ccc2cc(C(=O)c3ccccc3)cc(CCCNC(C)=O)c2c1. The van der Waals surface area contributed by atoms with Crippen molar-refractivity contribution < 1.29 is 14.3 Å². The summed E-state index contributed by atoms with van der Waals surface area (Å²) >= 11 is 0. The molecule has 4 heteroatoms. The highest BCUT2D eigenvalue weighted by molar-refractivity contribution is 6.11. The first-order chi connectivity index (χ1) is 13.1. The second-order valence-electron chi connectivity index (χ2n) is 6.50. The van der Waals surface area contributed by atoms with Gasteiger partial charge in [0.1, 0.15) is 5.75 Å². The molecule has 0 saturated heterocycles. The Morgan fingerprint density at radius 2 is 1.74 bits per heavy atom. The molecule has 0 heterocycles. The lowest BCUT2D eigenvalue weighted by Gasteiger charge is -2.12. The lowest BCUT2D eigenvalue weighted by Crippen LogP contribution is -2.21. The number of rotatable bonds is 7. The molecule has 1 N–H and O–H groups in total. The molecule has 27 heavy (non-hydrogen) atoms. The summed E-state index contributed by atoms with van der Waals surface area (Å²) in [6.07, 6.45) is 1.56. The molecule has 0 fully saturated rings. The smallest absolute Gasteiger partial charge is 0.216 e. The molecular formula is C23H23NO3. The number of hydrogen-bond donors (Lipinski definition) is 1. The monoisotopic (exact) mass is 361 g/mol. The molecule has 0 aromatic heterocycles. The molecule has 1 amide bonds. The fourth-order valence-corrected chi connectivity index (χ4v) is 3.18. The average Bonchev–Trinajstić information content (AvgIpc) is 2.70. The van der Waals surface area contributed by atoms with Crippen LogP contribution in [0.4, 0.5) is 0 Å². The highest BCUT2D eigenvalue weighted by Crippen LogP contribution is 2.27. The maximum absolute atomic E-state index is 12.9. The standard InChI is InChI=1S/C23H23NO3/c1-16(25)24-12-6-9-18-13-20(23(26)17-7-4-3-5-8-17)14-19-10-11-21(27-2)15-22(18)19/h3-5,7-8,10-11,13-15H,6,9,12H2,1-2H3,(H,24,25). The van der Waals surface area contributed by atoms with E-state index in [0.717, 1.165) is 34.9 Å². The van der Waals surface area contributed by atoms with E-state index >= 15 is 0 Å². The number of fused-ring (bicyclic) bond motifs is 1. The van der Waals surface area contributed by atoms with E-state index < -0.39 is 0 Å². The molecule has 0 atom stereocenters. The van der Waals surface area contributed by atoms with Crippen LogP contribution in [0.5, 0.6) is 5.75 Å². The number of ether oxygens (including phenoxy) is 1. The van der Waals surface area contributed by atoms with Crippen molar-refractivity contribution in [2.45, 2.75) is 19.8 Å². The third-order valence-corrected chi connectivity index (χ3v) is 4.54. The third-order valence-electron chi connectivity index (χ3n) is 4.54. The van der Waals surface area contributed by atoms with Crippen LogP contribution >= 0.6 is 0 Å². The van der Waals surface area contributed by atoms with E-state index in [0.29, 0.717) is 17.7 Å². The molecule has 3 aromatic carbocycles. The van der Waals surface area contributed by atoms with Gasteiger partial charge < -0.3 is 10.1 Å². The third kappa shape index (κ3) is 4.53. The van der Waals surface area contributed by atoms with E-state index in [2.05, 4.69) is 5.32 Å². The highest BCUT2D eigenvalue weighted by atomic mass is 16.5. The van der Waals surface area contributed by atoms with Gasteiger partial charge >= 0.3 is 0 Å². The number of methoxy groups -OCH3 is 1. The topological polar surface area (TPSA) is 55.4 Å². The molecule has 0 aliphatic rings. The molecule has 138 valence electrons. The fourth-order valence-electron chi connectivity index (χ4n) is 3.18. The summed E-state index contributed by atoms with van der Waals surface area (Å²) < 4.78 is 5.36. The van der Waals surface area contributed by atoms with Gasteiger partial charge in [0.15, 0.2) is 5.78 Å². The van der Waals surface area contributed by atoms with Crippen LogP contribution in [0.2, 0.25) is 0 Å². The Balaban J connectivity index is 1.98. The van der Waals surface area contributed by atoms with Gasteiger partial charge in [-0.3, -0.25) is 9.59 Å². The molecule has 0 bridgehead atoms. The maximum atomic E-state index is 12.9. The first-order valence-electron chi connectivity index (χ1n) is 9.03. The number of benzene rings is 3. The van der Waals surface area contributed by atoms with Crippen molar-refractivity contribution in [1.82, 2.24) is 5.32 Å². The van der Waals surface area contributed by atoms with Crippen LogP contribution in [0.1, 0.15) is 34.8 Å². The zero-order chi connectivity index (χ0) is 19.2. The Hall–Kier alpha value is -3.14. The van der Waals surface area contributed by atoms with Gasteiger partial charge in [-0.05, 0) is 53.4 Å². The zero-order valence-electron chi connectivity index (χ0n) is 15.6. The van der Waals surface area contributed by atoms with Gasteiger partial charge in [-0.25, -0.2) is 0 Å². The van der Waals surface area contributed by atoms with E-state index in [1.54, 1.807) is 7.11 Å². The van der Waals surface area contributed by atoms with Crippen LogP contribution in [0.15, 0.2) is 60.7 Å². The number of hydrogen-bond acceptors (Lipinski definition) is 3. The quantitative estimate of drug-likeness (QED) is 0.508. The first-order valence-corrected chi connectivity index (χ1v) is 9.03. The van der Waals surface area contributed by atoms with Crippen LogP contribution < -0.4 is 10.1 Å². The predicted molar refractivity (Wildman–Crippen MR) is 107 cm³/mol. The summed E-state index contributed by atoms with van der Waals surface area (Å²) in [5.41, 5.74) is 2.43. The molecule has 3 aromatic rings. The minimum Gasteiger partial charge on any atom is -0.497 e. The number of nitrogens with one attached hydrogen (secondary N) is 1. The predicted octanol–water partition coefficient (Wildman–Crippen LogP) is 4.15. The van der Waals surface area contributed by atoms with Crippen LogP contribution in [-0.2, 0) is 11.2 Å². The van der Waals surface area contributed by atoms with E-state index in [4.69, 9.17) is 4.74 Å².